The van der Waals surface area contributed by atoms with Crippen LogP contribution in [0.5, 0.6) is 0 Å². The second kappa shape index (κ2) is 7.14. The van der Waals surface area contributed by atoms with Crippen LogP contribution in [0.25, 0.3) is 5.57 Å². The van der Waals surface area contributed by atoms with Gasteiger partial charge in [0.1, 0.15) is 11.9 Å². The normalized spacial score (nSPS) is 21.4. The molecule has 0 bridgehead atoms. The van der Waals surface area contributed by atoms with Crippen molar-refractivity contribution in [3.05, 3.63) is 53.4 Å². The lowest BCUT2D eigenvalue weighted by molar-refractivity contribution is -0.142. The van der Waals surface area contributed by atoms with E-state index in [-0.39, 0.29) is 17.8 Å². The van der Waals surface area contributed by atoms with Crippen molar-refractivity contribution in [2.45, 2.75) is 32.9 Å². The monoisotopic (exact) mass is 345 g/mol. The SMILES string of the molecule is C/C(=C\C(=O)N1CCO[C@H](C)[C@H]1c1nc(C)no1)c1cccc(F)c1. The zero-order chi connectivity index (χ0) is 18.0. The Kier molecular flexibility index (Phi) is 4.94. The van der Waals surface area contributed by atoms with E-state index in [0.29, 0.717) is 36.0 Å². The molecule has 1 fully saturated rings. The second-order valence-electron chi connectivity index (χ2n) is 6.07. The Labute approximate surface area is 145 Å². The Balaban J connectivity index is 1.87. The highest BCUT2D eigenvalue weighted by atomic mass is 19.1. The number of nitrogens with zero attached hydrogens (tertiary/aromatic N) is 3. The lowest BCUT2D eigenvalue weighted by Crippen LogP contribution is -2.46. The van der Waals surface area contributed by atoms with Crippen LogP contribution in [0.3, 0.4) is 0 Å². The molecule has 2 atom stereocenters. The molecular formula is C18H20FN3O3. The van der Waals surface area contributed by atoms with Crippen molar-refractivity contribution < 1.29 is 18.4 Å². The fraction of sp³-hybridized carbons (Fsp3) is 0.389. The molecule has 1 amide bonds. The van der Waals surface area contributed by atoms with Crippen LogP contribution in [-0.4, -0.2) is 40.2 Å². The summed E-state index contributed by atoms with van der Waals surface area (Å²) in [5, 5.41) is 3.80. The predicted molar refractivity (Wildman–Crippen MR) is 89.0 cm³/mol. The standard InChI is InChI=1S/C18H20FN3O3/c1-11(14-5-4-6-15(19)10-14)9-16(23)22-7-8-24-12(2)17(22)18-20-13(3)21-25-18/h4-6,9-10,12,17H,7-8H2,1-3H3/b11-9+/t12-,17+/m1/s1. The quantitative estimate of drug-likeness (QED) is 0.800. The van der Waals surface area contributed by atoms with E-state index in [4.69, 9.17) is 9.26 Å². The largest absolute Gasteiger partial charge is 0.374 e. The van der Waals surface area contributed by atoms with Gasteiger partial charge in [-0.3, -0.25) is 4.79 Å². The minimum atomic E-state index is -0.445. The lowest BCUT2D eigenvalue weighted by atomic mass is 10.1. The summed E-state index contributed by atoms with van der Waals surface area (Å²) in [7, 11) is 0. The summed E-state index contributed by atoms with van der Waals surface area (Å²) < 4.78 is 24.3. The molecule has 0 saturated carbocycles. The number of benzene rings is 1. The minimum absolute atomic E-state index is 0.197. The average Bonchev–Trinajstić information content (AvgIpc) is 3.00. The highest BCUT2D eigenvalue weighted by molar-refractivity contribution is 5.95. The number of carbonyl (C=O) groups excluding carboxylic acids is 1. The van der Waals surface area contributed by atoms with Crippen LogP contribution in [0.4, 0.5) is 4.39 Å². The highest BCUT2D eigenvalue weighted by Crippen LogP contribution is 2.29. The van der Waals surface area contributed by atoms with Crippen LogP contribution in [0.2, 0.25) is 0 Å². The van der Waals surface area contributed by atoms with Crippen molar-refractivity contribution >= 4 is 11.5 Å². The first-order valence-corrected chi connectivity index (χ1v) is 8.12. The minimum Gasteiger partial charge on any atom is -0.374 e. The van der Waals surface area contributed by atoms with E-state index in [0.717, 1.165) is 0 Å². The van der Waals surface area contributed by atoms with E-state index >= 15 is 0 Å². The fourth-order valence-corrected chi connectivity index (χ4v) is 2.92. The first-order valence-electron chi connectivity index (χ1n) is 8.12. The molecular weight excluding hydrogens is 325 g/mol. The molecule has 0 spiro atoms. The van der Waals surface area contributed by atoms with E-state index in [1.54, 1.807) is 30.9 Å². The van der Waals surface area contributed by atoms with E-state index in [1.807, 2.05) is 6.92 Å². The van der Waals surface area contributed by atoms with Gasteiger partial charge in [-0.15, -0.1) is 0 Å². The van der Waals surface area contributed by atoms with Crippen molar-refractivity contribution in [2.75, 3.05) is 13.2 Å². The molecule has 2 aromatic rings. The molecule has 2 heterocycles. The van der Waals surface area contributed by atoms with Crippen LogP contribution in [0.15, 0.2) is 34.9 Å². The average molecular weight is 345 g/mol. The van der Waals surface area contributed by atoms with Gasteiger partial charge in [0.05, 0.1) is 12.7 Å². The molecule has 0 N–H and O–H groups in total. The maximum absolute atomic E-state index is 13.4. The Bertz CT molecular complexity index is 802. The molecule has 25 heavy (non-hydrogen) atoms. The summed E-state index contributed by atoms with van der Waals surface area (Å²) in [5.74, 6) is 0.330. The highest BCUT2D eigenvalue weighted by Gasteiger charge is 2.37. The van der Waals surface area contributed by atoms with E-state index in [1.165, 1.54) is 18.2 Å². The summed E-state index contributed by atoms with van der Waals surface area (Å²) in [5.41, 5.74) is 1.35. The van der Waals surface area contributed by atoms with Gasteiger partial charge >= 0.3 is 0 Å². The van der Waals surface area contributed by atoms with Gasteiger partial charge in [0.15, 0.2) is 5.82 Å². The molecule has 0 radical (unpaired) electrons. The van der Waals surface area contributed by atoms with Crippen LogP contribution in [0.1, 0.15) is 37.2 Å². The van der Waals surface area contributed by atoms with Crippen LogP contribution >= 0.6 is 0 Å². The number of hydrogen-bond donors (Lipinski definition) is 0. The second-order valence-corrected chi connectivity index (χ2v) is 6.07. The van der Waals surface area contributed by atoms with Crippen LogP contribution in [-0.2, 0) is 9.53 Å². The van der Waals surface area contributed by atoms with Crippen molar-refractivity contribution in [3.63, 3.8) is 0 Å². The number of aryl methyl sites for hydroxylation is 1. The number of morpholine rings is 1. The Morgan fingerprint density at radius 3 is 2.92 bits per heavy atom. The number of ether oxygens (including phenoxy) is 1. The summed E-state index contributed by atoms with van der Waals surface area (Å²) in [4.78, 5) is 18.7. The number of allylic oxidation sites excluding steroid dienone is 1. The van der Waals surface area contributed by atoms with Gasteiger partial charge in [0, 0.05) is 12.6 Å². The number of carbonyl (C=O) groups is 1. The molecule has 6 nitrogen and oxygen atoms in total. The summed E-state index contributed by atoms with van der Waals surface area (Å²) in [6, 6.07) is 5.71. The molecule has 3 rings (SSSR count). The van der Waals surface area contributed by atoms with Gasteiger partial charge in [-0.2, -0.15) is 4.98 Å². The first kappa shape index (κ1) is 17.3. The zero-order valence-corrected chi connectivity index (χ0v) is 14.4. The number of aromatic nitrogens is 2. The Hall–Kier alpha value is -2.54. The molecule has 1 aromatic carbocycles. The van der Waals surface area contributed by atoms with Crippen molar-refractivity contribution in [3.8, 4) is 0 Å². The number of rotatable bonds is 3. The lowest BCUT2D eigenvalue weighted by Gasteiger charge is -2.37. The van der Waals surface area contributed by atoms with Crippen LogP contribution < -0.4 is 0 Å². The topological polar surface area (TPSA) is 68.5 Å². The third-order valence-electron chi connectivity index (χ3n) is 4.19. The van der Waals surface area contributed by atoms with E-state index in [2.05, 4.69) is 10.1 Å². The van der Waals surface area contributed by atoms with Crippen molar-refractivity contribution in [1.29, 1.82) is 0 Å². The molecule has 132 valence electrons. The van der Waals surface area contributed by atoms with Crippen molar-refractivity contribution in [2.24, 2.45) is 0 Å². The number of hydrogen-bond acceptors (Lipinski definition) is 5. The van der Waals surface area contributed by atoms with Crippen molar-refractivity contribution in [1.82, 2.24) is 15.0 Å². The maximum Gasteiger partial charge on any atom is 0.252 e. The summed E-state index contributed by atoms with van der Waals surface area (Å²) in [6.45, 7) is 6.22. The van der Waals surface area contributed by atoms with Gasteiger partial charge in [-0.25, -0.2) is 4.39 Å². The molecule has 1 aliphatic rings. The van der Waals surface area contributed by atoms with Gasteiger partial charge in [0.2, 0.25) is 5.91 Å². The zero-order valence-electron chi connectivity index (χ0n) is 14.4. The molecule has 7 heteroatoms. The van der Waals surface area contributed by atoms with Gasteiger partial charge < -0.3 is 14.2 Å². The first-order chi connectivity index (χ1) is 12.0. The van der Waals surface area contributed by atoms with Gasteiger partial charge in [-0.1, -0.05) is 17.3 Å². The number of amides is 1. The fourth-order valence-electron chi connectivity index (χ4n) is 2.92. The molecule has 0 aliphatic carbocycles. The third kappa shape index (κ3) is 3.76. The maximum atomic E-state index is 13.4. The molecule has 1 aliphatic heterocycles. The Morgan fingerprint density at radius 1 is 1.44 bits per heavy atom. The molecule has 0 unspecified atom stereocenters. The third-order valence-corrected chi connectivity index (χ3v) is 4.19. The molecule has 1 aromatic heterocycles. The smallest absolute Gasteiger partial charge is 0.252 e. The van der Waals surface area contributed by atoms with Gasteiger partial charge in [0.25, 0.3) is 5.89 Å². The molecule has 1 saturated heterocycles. The predicted octanol–water partition coefficient (Wildman–Crippen LogP) is 2.91. The Morgan fingerprint density at radius 2 is 2.24 bits per heavy atom. The number of halogens is 1. The van der Waals surface area contributed by atoms with E-state index < -0.39 is 6.04 Å². The van der Waals surface area contributed by atoms with Gasteiger partial charge in [-0.05, 0) is 44.0 Å². The van der Waals surface area contributed by atoms with Crippen LogP contribution in [0, 0.1) is 12.7 Å². The summed E-state index contributed by atoms with van der Waals surface area (Å²) >= 11 is 0. The van der Waals surface area contributed by atoms with E-state index in [9.17, 15) is 9.18 Å². The summed E-state index contributed by atoms with van der Waals surface area (Å²) in [6.07, 6.45) is 1.24.